The second-order valence-electron chi connectivity index (χ2n) is 8.40. The Morgan fingerprint density at radius 3 is 2.37 bits per heavy atom. The van der Waals surface area contributed by atoms with Crippen molar-refractivity contribution in [3.63, 3.8) is 0 Å². The van der Waals surface area contributed by atoms with E-state index >= 15 is 0 Å². The highest BCUT2D eigenvalue weighted by Gasteiger charge is 2.40. The molecule has 2 aromatic carbocycles. The predicted octanol–water partition coefficient (Wildman–Crippen LogP) is 3.15. The van der Waals surface area contributed by atoms with Gasteiger partial charge in [-0.2, -0.15) is 0 Å². The molecule has 0 aromatic heterocycles. The Morgan fingerprint density at radius 1 is 1.10 bits per heavy atom. The van der Waals surface area contributed by atoms with Gasteiger partial charge in [0.05, 0.1) is 5.71 Å². The third-order valence-electron chi connectivity index (χ3n) is 6.12. The van der Waals surface area contributed by atoms with Gasteiger partial charge in [0.2, 0.25) is 5.60 Å². The van der Waals surface area contributed by atoms with Crippen molar-refractivity contribution < 1.29 is 14.4 Å². The Morgan fingerprint density at radius 2 is 1.77 bits per heavy atom. The Hall–Kier alpha value is -3.15. The van der Waals surface area contributed by atoms with Crippen LogP contribution in [0.25, 0.3) is 0 Å². The van der Waals surface area contributed by atoms with Crippen molar-refractivity contribution >= 4 is 17.5 Å². The average Bonchev–Trinajstić information content (AvgIpc) is 3.18. The summed E-state index contributed by atoms with van der Waals surface area (Å²) in [6.45, 7) is 3.20. The lowest BCUT2D eigenvalue weighted by molar-refractivity contribution is -0.138. The van der Waals surface area contributed by atoms with E-state index in [-0.39, 0.29) is 5.91 Å². The van der Waals surface area contributed by atoms with Gasteiger partial charge < -0.3 is 15.5 Å². The fourth-order valence-corrected chi connectivity index (χ4v) is 4.10. The molecule has 1 atom stereocenters. The first-order valence-electron chi connectivity index (χ1n) is 10.4. The van der Waals surface area contributed by atoms with E-state index in [1.807, 2.05) is 35.2 Å². The van der Waals surface area contributed by atoms with Crippen molar-refractivity contribution in [3.8, 4) is 0 Å². The number of nitrogens with two attached hydrogens (primary N) is 1. The average molecular weight is 405 g/mol. The zero-order valence-corrected chi connectivity index (χ0v) is 17.2. The summed E-state index contributed by atoms with van der Waals surface area (Å²) in [5.41, 5.74) is 7.81. The summed E-state index contributed by atoms with van der Waals surface area (Å²) in [7, 11) is 0. The first-order chi connectivity index (χ1) is 14.4. The van der Waals surface area contributed by atoms with Gasteiger partial charge in [-0.05, 0) is 55.4 Å². The van der Waals surface area contributed by atoms with Crippen LogP contribution < -0.4 is 5.73 Å². The van der Waals surface area contributed by atoms with E-state index < -0.39 is 11.5 Å². The number of primary amides is 1. The standard InChI is InChI=1S/C24H27N3O3/c1-24(23(25)29)16-21(26-30-24)19-7-9-20(10-8-19)22(28)27-13-11-18(12-14-27)15-17-5-3-2-4-6-17/h2-10,18H,11-16H2,1H3,(H2,25,29). The highest BCUT2D eigenvalue weighted by atomic mass is 16.7. The van der Waals surface area contributed by atoms with E-state index in [0.717, 1.165) is 37.9 Å². The van der Waals surface area contributed by atoms with Crippen LogP contribution in [0.2, 0.25) is 0 Å². The molecule has 2 aliphatic rings. The molecule has 2 N–H and O–H groups in total. The molecule has 0 radical (unpaired) electrons. The number of piperidine rings is 1. The van der Waals surface area contributed by atoms with Gasteiger partial charge in [-0.3, -0.25) is 9.59 Å². The fourth-order valence-electron chi connectivity index (χ4n) is 4.10. The normalized spacial score (nSPS) is 21.8. The quantitative estimate of drug-likeness (QED) is 0.829. The van der Waals surface area contributed by atoms with Gasteiger partial charge >= 0.3 is 0 Å². The van der Waals surface area contributed by atoms with Gasteiger partial charge in [0, 0.05) is 25.1 Å². The van der Waals surface area contributed by atoms with Gasteiger partial charge in [0.1, 0.15) is 0 Å². The summed E-state index contributed by atoms with van der Waals surface area (Å²) in [5, 5.41) is 4.01. The van der Waals surface area contributed by atoms with Crippen molar-refractivity contribution in [1.82, 2.24) is 4.90 Å². The summed E-state index contributed by atoms with van der Waals surface area (Å²) in [6, 6.07) is 17.9. The zero-order valence-electron chi connectivity index (χ0n) is 17.2. The van der Waals surface area contributed by atoms with Crippen LogP contribution in [0.5, 0.6) is 0 Å². The van der Waals surface area contributed by atoms with Crippen LogP contribution in [0.1, 0.15) is 47.7 Å². The van der Waals surface area contributed by atoms with Gasteiger partial charge in [0.15, 0.2) is 0 Å². The molecular formula is C24H27N3O3. The molecule has 156 valence electrons. The number of oxime groups is 1. The van der Waals surface area contributed by atoms with Crippen molar-refractivity contribution in [2.75, 3.05) is 13.1 Å². The highest BCUT2D eigenvalue weighted by molar-refractivity contribution is 6.05. The minimum Gasteiger partial charge on any atom is -0.379 e. The van der Waals surface area contributed by atoms with Crippen LogP contribution in [0.3, 0.4) is 0 Å². The number of carbonyl (C=O) groups excluding carboxylic acids is 2. The number of likely N-dealkylation sites (tertiary alicyclic amines) is 1. The van der Waals surface area contributed by atoms with E-state index in [4.69, 9.17) is 10.6 Å². The number of carbonyl (C=O) groups is 2. The largest absolute Gasteiger partial charge is 0.379 e. The molecule has 1 unspecified atom stereocenters. The lowest BCUT2D eigenvalue weighted by atomic mass is 9.90. The molecule has 30 heavy (non-hydrogen) atoms. The molecule has 2 amide bonds. The minimum atomic E-state index is -1.10. The van der Waals surface area contributed by atoms with Crippen molar-refractivity contribution in [2.24, 2.45) is 16.8 Å². The van der Waals surface area contributed by atoms with E-state index in [2.05, 4.69) is 29.4 Å². The number of benzene rings is 2. The third-order valence-corrected chi connectivity index (χ3v) is 6.12. The van der Waals surface area contributed by atoms with Crippen molar-refractivity contribution in [1.29, 1.82) is 0 Å². The summed E-state index contributed by atoms with van der Waals surface area (Å²) >= 11 is 0. The number of hydrogen-bond acceptors (Lipinski definition) is 4. The van der Waals surface area contributed by atoms with Gasteiger partial charge in [-0.1, -0.05) is 47.6 Å². The lowest BCUT2D eigenvalue weighted by Gasteiger charge is -2.32. The summed E-state index contributed by atoms with van der Waals surface area (Å²) in [4.78, 5) is 31.6. The maximum atomic E-state index is 12.9. The third kappa shape index (κ3) is 4.22. The summed E-state index contributed by atoms with van der Waals surface area (Å²) in [5.74, 6) is 0.147. The number of rotatable bonds is 5. The molecular weight excluding hydrogens is 378 g/mol. The molecule has 4 rings (SSSR count). The van der Waals surface area contributed by atoms with Crippen LogP contribution >= 0.6 is 0 Å². The van der Waals surface area contributed by atoms with Crippen LogP contribution in [0.4, 0.5) is 0 Å². The molecule has 2 aromatic rings. The Balaban J connectivity index is 1.33. The second-order valence-corrected chi connectivity index (χ2v) is 8.40. The number of hydrogen-bond donors (Lipinski definition) is 1. The van der Waals surface area contributed by atoms with Gasteiger partial charge in [-0.25, -0.2) is 0 Å². The monoisotopic (exact) mass is 405 g/mol. The molecule has 6 nitrogen and oxygen atoms in total. The molecule has 2 heterocycles. The number of nitrogens with zero attached hydrogens (tertiary/aromatic N) is 2. The van der Waals surface area contributed by atoms with E-state index in [9.17, 15) is 9.59 Å². The fraction of sp³-hybridized carbons (Fsp3) is 0.375. The van der Waals surface area contributed by atoms with Crippen LogP contribution in [0.15, 0.2) is 59.8 Å². The molecule has 0 spiro atoms. The first kappa shape index (κ1) is 20.1. The van der Waals surface area contributed by atoms with E-state index in [0.29, 0.717) is 23.6 Å². The van der Waals surface area contributed by atoms with Crippen molar-refractivity contribution in [2.45, 2.75) is 38.2 Å². The van der Waals surface area contributed by atoms with E-state index in [1.165, 1.54) is 5.56 Å². The van der Waals surface area contributed by atoms with Crippen LogP contribution in [0, 0.1) is 5.92 Å². The molecule has 0 aliphatic carbocycles. The molecule has 6 heteroatoms. The summed E-state index contributed by atoms with van der Waals surface area (Å²) < 4.78 is 0. The maximum absolute atomic E-state index is 12.9. The van der Waals surface area contributed by atoms with Crippen LogP contribution in [-0.2, 0) is 16.1 Å². The maximum Gasteiger partial charge on any atom is 0.264 e. The molecule has 1 fully saturated rings. The van der Waals surface area contributed by atoms with Crippen LogP contribution in [-0.4, -0.2) is 41.1 Å². The zero-order chi connectivity index (χ0) is 21.1. The van der Waals surface area contributed by atoms with Gasteiger partial charge in [0.25, 0.3) is 11.8 Å². The second kappa shape index (κ2) is 8.30. The van der Waals surface area contributed by atoms with Gasteiger partial charge in [-0.15, -0.1) is 0 Å². The molecule has 2 aliphatic heterocycles. The highest BCUT2D eigenvalue weighted by Crippen LogP contribution is 2.27. The number of amides is 2. The molecule has 0 saturated carbocycles. The SMILES string of the molecule is CC1(C(N)=O)CC(c2ccc(C(=O)N3CCC(Cc4ccccc4)CC3)cc2)=NO1. The minimum absolute atomic E-state index is 0.0614. The van der Waals surface area contributed by atoms with Crippen molar-refractivity contribution in [3.05, 3.63) is 71.3 Å². The topological polar surface area (TPSA) is 85.0 Å². The molecule has 1 saturated heterocycles. The predicted molar refractivity (Wildman–Crippen MR) is 115 cm³/mol. The lowest BCUT2D eigenvalue weighted by Crippen LogP contribution is -2.41. The Kier molecular flexibility index (Phi) is 5.57. The summed E-state index contributed by atoms with van der Waals surface area (Å²) in [6.07, 6.45) is 3.45. The Labute approximate surface area is 176 Å². The molecule has 0 bridgehead atoms. The smallest absolute Gasteiger partial charge is 0.264 e. The Bertz CT molecular complexity index is 947. The van der Waals surface area contributed by atoms with E-state index in [1.54, 1.807) is 6.92 Å². The first-order valence-corrected chi connectivity index (χ1v) is 10.4.